The Bertz CT molecular complexity index is 5780. The number of thiophene rings is 2. The van der Waals surface area contributed by atoms with Gasteiger partial charge in [0.2, 0.25) is 0 Å². The van der Waals surface area contributed by atoms with Crippen molar-refractivity contribution in [3.05, 3.63) is 267 Å². The summed E-state index contributed by atoms with van der Waals surface area (Å²) in [5.41, 5.74) is 14.9. The van der Waals surface area contributed by atoms with Crippen LogP contribution in [0.2, 0.25) is 0 Å². The number of rotatable bonds is 9. The van der Waals surface area contributed by atoms with Crippen LogP contribution in [0.4, 0.5) is 0 Å². The van der Waals surface area contributed by atoms with E-state index in [9.17, 15) is 0 Å². The van der Waals surface area contributed by atoms with Crippen LogP contribution in [0.25, 0.3) is 186 Å². The Hall–Kier alpha value is -11.3. The second kappa shape index (κ2) is 20.2. The molecule has 0 saturated carbocycles. The molecule has 0 amide bonds. The Morgan fingerprint density at radius 1 is 0.216 bits per heavy atom. The number of benzene rings is 12. The zero-order valence-corrected chi connectivity index (χ0v) is 48.4. The number of nitrogens with zero attached hydrogens (tertiary/aromatic N) is 6. The fraction of sp³-hybridized carbons (Fsp3) is 0. The summed E-state index contributed by atoms with van der Waals surface area (Å²) >= 11 is 3.63. The van der Waals surface area contributed by atoms with Gasteiger partial charge in [0, 0.05) is 84.1 Å². The van der Waals surface area contributed by atoms with Crippen LogP contribution in [-0.4, -0.2) is 29.9 Å². The maximum atomic E-state index is 6.87. The van der Waals surface area contributed by atoms with Crippen molar-refractivity contribution in [3.63, 3.8) is 0 Å². The SMILES string of the molecule is c1ccc(-c2nc(-c3ccccc3)nc(-c3cccc4c3oc3cccc(-c5ccc6c(c5)sc5ccc(-c7cccc(-c8nc(-c9ccccc9)nc(-c9cccc%10c9oc9cccc(-c%11ccc%12sc%13ccccc%13c%12c%11)c9%10)n8)c7)cc56)c34)n2)cc1. The number of hydrogen-bond acceptors (Lipinski definition) is 10. The molecule has 0 aliphatic heterocycles. The Kier molecular flexibility index (Phi) is 11.5. The highest BCUT2D eigenvalue weighted by Gasteiger charge is 2.23. The summed E-state index contributed by atoms with van der Waals surface area (Å²) in [6, 6.07) is 93.0. The van der Waals surface area contributed by atoms with Crippen LogP contribution in [0.1, 0.15) is 0 Å². The van der Waals surface area contributed by atoms with Gasteiger partial charge in [-0.25, -0.2) is 29.9 Å². The summed E-state index contributed by atoms with van der Waals surface area (Å²) < 4.78 is 18.7. The number of para-hydroxylation sites is 2. The van der Waals surface area contributed by atoms with E-state index in [-0.39, 0.29) is 0 Å². The Labute approximate surface area is 511 Å². The summed E-state index contributed by atoms with van der Waals surface area (Å²) in [5, 5.41) is 9.03. The molecule has 10 heteroatoms. The van der Waals surface area contributed by atoms with Gasteiger partial charge in [-0.15, -0.1) is 22.7 Å². The zero-order chi connectivity index (χ0) is 57.8. The molecule has 0 unspecified atom stereocenters. The van der Waals surface area contributed by atoms with Crippen LogP contribution >= 0.6 is 22.7 Å². The van der Waals surface area contributed by atoms with E-state index < -0.39 is 0 Å². The molecule has 0 aliphatic carbocycles. The van der Waals surface area contributed by atoms with E-state index in [0.717, 1.165) is 111 Å². The summed E-state index contributed by atoms with van der Waals surface area (Å²) in [4.78, 5) is 30.7. The second-order valence-electron chi connectivity index (χ2n) is 22.1. The minimum Gasteiger partial charge on any atom is -0.455 e. The molecule has 0 saturated heterocycles. The van der Waals surface area contributed by atoms with Gasteiger partial charge in [-0.3, -0.25) is 0 Å². The molecule has 12 aromatic carbocycles. The van der Waals surface area contributed by atoms with E-state index in [4.69, 9.17) is 38.7 Å². The molecule has 0 N–H and O–H groups in total. The third-order valence-electron chi connectivity index (χ3n) is 16.8. The first kappa shape index (κ1) is 50.1. The van der Waals surface area contributed by atoms with E-state index in [1.807, 2.05) is 114 Å². The number of aromatic nitrogens is 6. The highest BCUT2D eigenvalue weighted by atomic mass is 32.1. The maximum Gasteiger partial charge on any atom is 0.167 e. The van der Waals surface area contributed by atoms with Gasteiger partial charge in [0.1, 0.15) is 22.3 Å². The smallest absolute Gasteiger partial charge is 0.167 e. The van der Waals surface area contributed by atoms with Crippen LogP contribution in [-0.2, 0) is 0 Å². The predicted molar refractivity (Wildman–Crippen MR) is 362 cm³/mol. The first-order chi connectivity index (χ1) is 43.6. The normalized spacial score (nSPS) is 11.9. The van der Waals surface area contributed by atoms with Crippen LogP contribution in [0.5, 0.6) is 0 Å². The highest BCUT2D eigenvalue weighted by molar-refractivity contribution is 7.26. The van der Waals surface area contributed by atoms with Gasteiger partial charge in [0.05, 0.1) is 11.1 Å². The van der Waals surface area contributed by atoms with E-state index in [2.05, 4.69) is 164 Å². The third kappa shape index (κ3) is 8.33. The molecular formula is C78H44N6O2S2. The molecule has 6 aromatic heterocycles. The highest BCUT2D eigenvalue weighted by Crippen LogP contribution is 2.46. The molecule has 0 radical (unpaired) electrons. The monoisotopic (exact) mass is 1160 g/mol. The molecule has 0 atom stereocenters. The lowest BCUT2D eigenvalue weighted by Gasteiger charge is -2.10. The van der Waals surface area contributed by atoms with Gasteiger partial charge in [0.15, 0.2) is 34.9 Å². The first-order valence-corrected chi connectivity index (χ1v) is 30.8. The van der Waals surface area contributed by atoms with Gasteiger partial charge in [-0.2, -0.15) is 0 Å². The fourth-order valence-electron chi connectivity index (χ4n) is 12.7. The maximum absolute atomic E-state index is 6.87. The molecule has 0 fully saturated rings. The van der Waals surface area contributed by atoms with Gasteiger partial charge in [-0.05, 0) is 100 Å². The molecule has 88 heavy (non-hydrogen) atoms. The van der Waals surface area contributed by atoms with Crippen LogP contribution in [0, 0.1) is 0 Å². The molecule has 6 heterocycles. The Morgan fingerprint density at radius 2 is 0.591 bits per heavy atom. The lowest BCUT2D eigenvalue weighted by atomic mass is 9.97. The Morgan fingerprint density at radius 3 is 1.17 bits per heavy atom. The van der Waals surface area contributed by atoms with Crippen molar-refractivity contribution in [1.29, 1.82) is 0 Å². The topological polar surface area (TPSA) is 104 Å². The van der Waals surface area contributed by atoms with E-state index in [1.165, 1.54) is 40.3 Å². The minimum absolute atomic E-state index is 0.536. The van der Waals surface area contributed by atoms with E-state index in [1.54, 1.807) is 11.3 Å². The van der Waals surface area contributed by atoms with Crippen LogP contribution in [0.3, 0.4) is 0 Å². The fourth-order valence-corrected chi connectivity index (χ4v) is 14.9. The standard InChI is InChI=1S/C78H44N6O2S2/c1-4-17-45(18-5-1)73-79-74(46-19-6-2-7-20-46)82-77(81-73)59-30-14-29-58-70-54(27-16-33-64(70)86-72(58)59)51-35-38-56-61-42-49(36-39-67(61)88-68(56)44-51)48-23-12-24-52(41-48)76-80-75(47-21-8-3-9-22-47)83-78(84-76)60-31-13-28-57-69-53(26-15-32-63(69)85-71(57)60)50-37-40-66-62(43-50)55-25-10-11-34-65(55)87-66/h1-44H. The van der Waals surface area contributed by atoms with Crippen molar-refractivity contribution in [2.75, 3.05) is 0 Å². The average molecular weight is 1160 g/mol. The third-order valence-corrected chi connectivity index (χ3v) is 19.1. The number of hydrogen-bond donors (Lipinski definition) is 0. The second-order valence-corrected chi connectivity index (χ2v) is 24.2. The van der Waals surface area contributed by atoms with Crippen molar-refractivity contribution in [2.45, 2.75) is 0 Å². The largest absolute Gasteiger partial charge is 0.455 e. The molecule has 8 nitrogen and oxygen atoms in total. The first-order valence-electron chi connectivity index (χ1n) is 29.1. The lowest BCUT2D eigenvalue weighted by Crippen LogP contribution is -2.00. The average Bonchev–Trinajstić information content (AvgIpc) is 2.40. The minimum atomic E-state index is 0.536. The summed E-state index contributed by atoms with van der Waals surface area (Å²) in [6.45, 7) is 0. The molecule has 410 valence electrons. The van der Waals surface area contributed by atoms with Gasteiger partial charge >= 0.3 is 0 Å². The zero-order valence-electron chi connectivity index (χ0n) is 46.7. The summed E-state index contributed by atoms with van der Waals surface area (Å²) in [7, 11) is 0. The molecule has 0 spiro atoms. The predicted octanol–water partition coefficient (Wildman–Crippen LogP) is 21.6. The van der Waals surface area contributed by atoms with Gasteiger partial charge in [-0.1, -0.05) is 200 Å². The van der Waals surface area contributed by atoms with Crippen molar-refractivity contribution >= 4 is 107 Å². The van der Waals surface area contributed by atoms with Crippen molar-refractivity contribution in [2.24, 2.45) is 0 Å². The van der Waals surface area contributed by atoms with E-state index >= 15 is 0 Å². The van der Waals surface area contributed by atoms with E-state index in [0.29, 0.717) is 34.9 Å². The molecular weight excluding hydrogens is 1120 g/mol. The number of furan rings is 2. The quantitative estimate of drug-likeness (QED) is 0.141. The van der Waals surface area contributed by atoms with Gasteiger partial charge < -0.3 is 8.83 Å². The molecule has 0 bridgehead atoms. The van der Waals surface area contributed by atoms with Crippen LogP contribution < -0.4 is 0 Å². The van der Waals surface area contributed by atoms with Crippen molar-refractivity contribution in [1.82, 2.24) is 29.9 Å². The molecule has 0 aliphatic rings. The van der Waals surface area contributed by atoms with Gasteiger partial charge in [0.25, 0.3) is 0 Å². The summed E-state index contributed by atoms with van der Waals surface area (Å²) in [5.74, 6) is 3.44. The Balaban J connectivity index is 0.702. The van der Waals surface area contributed by atoms with Crippen molar-refractivity contribution < 1.29 is 8.83 Å². The molecule has 18 aromatic rings. The summed E-state index contributed by atoms with van der Waals surface area (Å²) in [6.07, 6.45) is 0. The molecule has 18 rings (SSSR count). The number of fused-ring (bicyclic) bond motifs is 12. The lowest BCUT2D eigenvalue weighted by molar-refractivity contribution is 0.669. The van der Waals surface area contributed by atoms with Crippen molar-refractivity contribution in [3.8, 4) is 102 Å². The van der Waals surface area contributed by atoms with Crippen LogP contribution in [0.15, 0.2) is 276 Å².